The molecule has 1 aliphatic carbocycles. The molecule has 12 atom stereocenters. The van der Waals surface area contributed by atoms with Crippen LogP contribution in [0, 0.1) is 17.8 Å². The number of benzene rings is 2. The molecule has 2 bridgehead atoms. The van der Waals surface area contributed by atoms with Crippen LogP contribution in [0.4, 0.5) is 0 Å². The van der Waals surface area contributed by atoms with Crippen LogP contribution in [-0.4, -0.2) is 103 Å². The standard InChI is InChI=1S/C42H50O14/c1-18-14-24-30(32(46)29-23(31(24)45)12-11-13-25(29)44)33-28(18)34-37-42(47-10,54-33)40(17-48-40)41(55-34,56-37)21(4)51-26-15-39(8,9)36(20(3)49-26)53-27-16-38(6,7)35(19(2)50-27)52-22(5)43/h11-14,19-21,26-27,34-37,44H,15-17H2,1-10H3/t19?,20?,21?,26?,27?,34?,35?,36?,37?,40?,41-,42?/m1/s1. The average molecular weight is 779 g/mol. The number of carbonyl (C=O) groups excluding carboxylic acids is 3. The number of ether oxygens (including phenoxy) is 10. The van der Waals surface area contributed by atoms with E-state index >= 15 is 0 Å². The fourth-order valence-corrected chi connectivity index (χ4v) is 10.6. The first-order valence-corrected chi connectivity index (χ1v) is 19.4. The summed E-state index contributed by atoms with van der Waals surface area (Å²) in [6, 6.07) is 6.12. The smallest absolute Gasteiger partial charge is 0.303 e. The van der Waals surface area contributed by atoms with E-state index in [-0.39, 0.29) is 64.0 Å². The molecule has 0 aromatic heterocycles. The van der Waals surface area contributed by atoms with Crippen molar-refractivity contribution in [3.8, 4) is 11.5 Å². The van der Waals surface area contributed by atoms with Gasteiger partial charge in [0.25, 0.3) is 5.79 Å². The Morgan fingerprint density at radius 3 is 2.23 bits per heavy atom. The molecule has 0 amide bonds. The molecular weight excluding hydrogens is 728 g/mol. The quantitative estimate of drug-likeness (QED) is 0.246. The third-order valence-electron chi connectivity index (χ3n) is 13.2. The lowest BCUT2D eigenvalue weighted by molar-refractivity contribution is -0.352. The van der Waals surface area contributed by atoms with Gasteiger partial charge in [-0.05, 0) is 50.8 Å². The van der Waals surface area contributed by atoms with E-state index in [1.807, 2.05) is 27.7 Å². The van der Waals surface area contributed by atoms with Gasteiger partial charge in [-0.25, -0.2) is 0 Å². The molecule has 5 saturated heterocycles. The summed E-state index contributed by atoms with van der Waals surface area (Å²) in [5, 5.41) is 10.7. The number of ketones is 2. The Kier molecular flexibility index (Phi) is 8.34. The van der Waals surface area contributed by atoms with Crippen LogP contribution in [0.2, 0.25) is 0 Å². The highest BCUT2D eigenvalue weighted by Gasteiger charge is 2.92. The van der Waals surface area contributed by atoms with Gasteiger partial charge in [-0.2, -0.15) is 0 Å². The van der Waals surface area contributed by atoms with E-state index in [4.69, 9.17) is 47.4 Å². The monoisotopic (exact) mass is 778 g/mol. The van der Waals surface area contributed by atoms with E-state index in [0.29, 0.717) is 24.0 Å². The van der Waals surface area contributed by atoms with Crippen LogP contribution in [0.25, 0.3) is 0 Å². The topological polar surface area (TPSA) is 167 Å². The largest absolute Gasteiger partial charge is 0.507 e. The lowest BCUT2D eigenvalue weighted by atomic mass is 9.75. The number of hydrogen-bond donors (Lipinski definition) is 1. The van der Waals surface area contributed by atoms with Crippen molar-refractivity contribution >= 4 is 17.5 Å². The number of methoxy groups -OCH3 is 1. The van der Waals surface area contributed by atoms with Crippen molar-refractivity contribution in [2.24, 2.45) is 10.8 Å². The van der Waals surface area contributed by atoms with Crippen LogP contribution >= 0.6 is 0 Å². The van der Waals surface area contributed by atoms with Gasteiger partial charge in [0.05, 0.1) is 36.0 Å². The van der Waals surface area contributed by atoms with Crippen LogP contribution in [0.3, 0.4) is 0 Å². The van der Waals surface area contributed by atoms with Crippen molar-refractivity contribution in [2.45, 2.75) is 148 Å². The van der Waals surface area contributed by atoms with Crippen molar-refractivity contribution < 1.29 is 66.9 Å². The Bertz CT molecular complexity index is 2040. The van der Waals surface area contributed by atoms with Crippen molar-refractivity contribution in [2.75, 3.05) is 13.7 Å². The number of epoxide rings is 1. The zero-order valence-corrected chi connectivity index (χ0v) is 33.4. The summed E-state index contributed by atoms with van der Waals surface area (Å²) in [5.74, 6) is -4.48. The molecule has 1 spiro atoms. The van der Waals surface area contributed by atoms with E-state index in [9.17, 15) is 19.5 Å². The van der Waals surface area contributed by atoms with Gasteiger partial charge in [-0.1, -0.05) is 39.8 Å². The summed E-state index contributed by atoms with van der Waals surface area (Å²) in [6.45, 7) is 17.4. The lowest BCUT2D eigenvalue weighted by Crippen LogP contribution is -2.70. The molecule has 1 N–H and O–H groups in total. The summed E-state index contributed by atoms with van der Waals surface area (Å²) in [4.78, 5) is 39.7. The molecule has 56 heavy (non-hydrogen) atoms. The summed E-state index contributed by atoms with van der Waals surface area (Å²) >= 11 is 0. The van der Waals surface area contributed by atoms with Crippen molar-refractivity contribution in [3.63, 3.8) is 0 Å². The number of rotatable bonds is 7. The fraction of sp³-hybridized carbons (Fsp3) is 0.643. The Hall–Kier alpha value is -3.47. The summed E-state index contributed by atoms with van der Waals surface area (Å²) in [6.07, 6.45) is -4.08. The first-order chi connectivity index (χ1) is 26.3. The van der Waals surface area contributed by atoms with E-state index in [1.54, 1.807) is 6.07 Å². The van der Waals surface area contributed by atoms with E-state index in [2.05, 4.69) is 27.7 Å². The van der Waals surface area contributed by atoms with Gasteiger partial charge in [0.15, 0.2) is 24.5 Å². The second-order valence-corrected chi connectivity index (χ2v) is 17.8. The molecule has 14 nitrogen and oxygen atoms in total. The van der Waals surface area contributed by atoms with Gasteiger partial charge in [0, 0.05) is 49.0 Å². The molecule has 6 heterocycles. The fourth-order valence-electron chi connectivity index (χ4n) is 10.6. The Balaban J connectivity index is 0.973. The van der Waals surface area contributed by atoms with Crippen LogP contribution in [0.5, 0.6) is 11.5 Å². The number of aromatic hydroxyl groups is 1. The van der Waals surface area contributed by atoms with Gasteiger partial charge >= 0.3 is 5.97 Å². The molecule has 9 rings (SSSR count). The molecule has 2 aromatic rings. The molecule has 6 aliphatic heterocycles. The minimum absolute atomic E-state index is 0.0389. The van der Waals surface area contributed by atoms with Crippen LogP contribution in [0.1, 0.15) is 117 Å². The van der Waals surface area contributed by atoms with Gasteiger partial charge in [-0.15, -0.1) is 0 Å². The predicted octanol–water partition coefficient (Wildman–Crippen LogP) is 5.19. The second-order valence-electron chi connectivity index (χ2n) is 17.8. The molecule has 0 radical (unpaired) electrons. The normalized spacial score (nSPS) is 40.0. The highest BCUT2D eigenvalue weighted by atomic mass is 16.9. The lowest BCUT2D eigenvalue weighted by Gasteiger charge is -2.51. The van der Waals surface area contributed by atoms with E-state index in [0.717, 1.165) is 0 Å². The zero-order chi connectivity index (χ0) is 40.1. The molecule has 5 fully saturated rings. The van der Waals surface area contributed by atoms with E-state index in [1.165, 1.54) is 32.2 Å². The minimum atomic E-state index is -1.57. The van der Waals surface area contributed by atoms with Crippen molar-refractivity contribution in [1.82, 2.24) is 0 Å². The van der Waals surface area contributed by atoms with Crippen LogP contribution < -0.4 is 4.74 Å². The minimum Gasteiger partial charge on any atom is -0.507 e. The maximum absolute atomic E-state index is 14.1. The number of esters is 1. The average Bonchev–Trinajstić information content (AvgIpc) is 3.76. The highest BCUT2D eigenvalue weighted by molar-refractivity contribution is 6.30. The molecule has 11 unspecified atom stereocenters. The van der Waals surface area contributed by atoms with Crippen molar-refractivity contribution in [1.29, 1.82) is 0 Å². The Labute approximate surface area is 325 Å². The summed E-state index contributed by atoms with van der Waals surface area (Å²) < 4.78 is 64.8. The van der Waals surface area contributed by atoms with Gasteiger partial charge < -0.3 is 52.5 Å². The molecule has 2 aromatic carbocycles. The second kappa shape index (κ2) is 12.3. The van der Waals surface area contributed by atoms with Crippen molar-refractivity contribution in [3.05, 3.63) is 57.6 Å². The molecular formula is C42H50O14. The SMILES string of the molecule is COC12Oc3c4c(cc(C)c3C3O[C@](C(C)OC5CC(C)(C)C(OC6CC(C)(C)C(OC(C)=O)C(C)O6)C(C)O5)(OC31)C21CO1)C(=O)c1cccc(O)c1C4=O. The number of hydrogen-bond acceptors (Lipinski definition) is 14. The number of phenols is 1. The molecule has 302 valence electrons. The number of carbonyl (C=O) groups is 3. The maximum atomic E-state index is 14.1. The maximum Gasteiger partial charge on any atom is 0.303 e. The molecule has 7 aliphatic rings. The van der Waals surface area contributed by atoms with Crippen LogP contribution in [0.15, 0.2) is 24.3 Å². The zero-order valence-electron chi connectivity index (χ0n) is 33.4. The number of aryl methyl sites for hydroxylation is 1. The summed E-state index contributed by atoms with van der Waals surface area (Å²) in [7, 11) is 1.49. The van der Waals surface area contributed by atoms with Gasteiger partial charge in [0.2, 0.25) is 17.2 Å². The highest BCUT2D eigenvalue weighted by Crippen LogP contribution is 2.71. The van der Waals surface area contributed by atoms with Crippen LogP contribution in [-0.2, 0) is 47.4 Å². The molecule has 14 heteroatoms. The first kappa shape index (κ1) is 38.1. The Morgan fingerprint density at radius 2 is 1.59 bits per heavy atom. The number of phenolic OH excluding ortho intramolecular Hbond substituents is 1. The molecule has 0 saturated carbocycles. The number of fused-ring (bicyclic) bond motifs is 8. The first-order valence-electron chi connectivity index (χ1n) is 19.4. The summed E-state index contributed by atoms with van der Waals surface area (Å²) in [5.41, 5.74) is -0.604. The predicted molar refractivity (Wildman–Crippen MR) is 193 cm³/mol. The third kappa shape index (κ3) is 5.00. The Morgan fingerprint density at radius 1 is 0.929 bits per heavy atom. The van der Waals surface area contributed by atoms with E-state index < -0.39 is 77.3 Å². The van der Waals surface area contributed by atoms with Gasteiger partial charge in [-0.3, -0.25) is 14.4 Å². The van der Waals surface area contributed by atoms with Gasteiger partial charge in [0.1, 0.15) is 29.8 Å². The third-order valence-corrected chi connectivity index (χ3v) is 13.2.